The number of carbonyl (C=O) groups is 1. The number of hydrogen-bond acceptors (Lipinski definition) is 1. The van der Waals surface area contributed by atoms with Gasteiger partial charge in [-0.1, -0.05) is 19.3 Å². The van der Waals surface area contributed by atoms with E-state index in [1.54, 1.807) is 0 Å². The highest BCUT2D eigenvalue weighted by Crippen LogP contribution is 2.26. The average molecular weight is 436 g/mol. The predicted octanol–water partition coefficient (Wildman–Crippen LogP) is 4.71. The van der Waals surface area contributed by atoms with Gasteiger partial charge in [-0.3, -0.25) is 4.79 Å². The van der Waals surface area contributed by atoms with E-state index in [2.05, 4.69) is 38.5 Å². The maximum absolute atomic E-state index is 12.5. The van der Waals surface area contributed by atoms with Crippen molar-refractivity contribution in [3.8, 4) is 0 Å². The number of rotatable bonds is 3. The van der Waals surface area contributed by atoms with Gasteiger partial charge in [0.25, 0.3) is 5.91 Å². The third-order valence-corrected chi connectivity index (χ3v) is 5.12. The van der Waals surface area contributed by atoms with E-state index in [9.17, 15) is 4.79 Å². The van der Waals surface area contributed by atoms with Crippen LogP contribution in [0.4, 0.5) is 0 Å². The Labute approximate surface area is 137 Å². The zero-order valence-corrected chi connectivity index (χ0v) is 14.9. The van der Waals surface area contributed by atoms with Crippen molar-refractivity contribution in [3.63, 3.8) is 0 Å². The molecule has 1 aromatic rings. The number of amides is 1. The van der Waals surface area contributed by atoms with Gasteiger partial charge in [0, 0.05) is 21.6 Å². The van der Waals surface area contributed by atoms with Crippen molar-refractivity contribution < 1.29 is 4.79 Å². The summed E-state index contributed by atoms with van der Waals surface area (Å²) >= 11 is 5.72. The van der Waals surface area contributed by atoms with Crippen LogP contribution in [0.25, 0.3) is 0 Å². The number of nitrogens with zero attached hydrogens (tertiary/aromatic N) is 1. The van der Waals surface area contributed by atoms with E-state index in [1.165, 1.54) is 32.1 Å². The Morgan fingerprint density at radius 3 is 2.74 bits per heavy atom. The molecule has 0 bridgehead atoms. The Hall–Kier alpha value is -0.100. The van der Waals surface area contributed by atoms with Crippen LogP contribution in [0.15, 0.2) is 22.7 Å². The van der Waals surface area contributed by atoms with Crippen molar-refractivity contribution in [2.75, 3.05) is 13.6 Å². The molecule has 104 valence electrons. The smallest absolute Gasteiger partial charge is 0.254 e. The van der Waals surface area contributed by atoms with E-state index in [0.29, 0.717) is 5.92 Å². The van der Waals surface area contributed by atoms with E-state index >= 15 is 0 Å². The minimum absolute atomic E-state index is 0.121. The molecule has 2 rings (SSSR count). The summed E-state index contributed by atoms with van der Waals surface area (Å²) in [5.41, 5.74) is 0.769. The Bertz CT molecular complexity index is 457. The van der Waals surface area contributed by atoms with Crippen LogP contribution in [0.1, 0.15) is 42.5 Å². The maximum Gasteiger partial charge on any atom is 0.254 e. The van der Waals surface area contributed by atoms with Crippen LogP contribution >= 0.6 is 38.5 Å². The van der Waals surface area contributed by atoms with Gasteiger partial charge in [0.05, 0.1) is 5.56 Å². The second-order valence-corrected chi connectivity index (χ2v) is 7.41. The molecule has 0 aliphatic heterocycles. The maximum atomic E-state index is 12.5. The van der Waals surface area contributed by atoms with Crippen molar-refractivity contribution in [2.45, 2.75) is 32.1 Å². The molecule has 1 aliphatic rings. The molecule has 0 unspecified atom stereocenters. The van der Waals surface area contributed by atoms with Gasteiger partial charge < -0.3 is 4.90 Å². The molecule has 0 radical (unpaired) electrons. The summed E-state index contributed by atoms with van der Waals surface area (Å²) in [6.07, 6.45) is 6.53. The first kappa shape index (κ1) is 15.3. The van der Waals surface area contributed by atoms with Gasteiger partial charge in [0.15, 0.2) is 0 Å². The molecule has 0 atom stereocenters. The van der Waals surface area contributed by atoms with Gasteiger partial charge in [0.1, 0.15) is 0 Å². The summed E-state index contributed by atoms with van der Waals surface area (Å²) in [6.45, 7) is 0.886. The van der Waals surface area contributed by atoms with Gasteiger partial charge in [0.2, 0.25) is 0 Å². The number of benzene rings is 1. The molecule has 1 saturated carbocycles. The molecule has 1 amide bonds. The predicted molar refractivity (Wildman–Crippen MR) is 90.4 cm³/mol. The molecule has 1 aliphatic carbocycles. The number of hydrogen-bond donors (Lipinski definition) is 0. The largest absolute Gasteiger partial charge is 0.341 e. The summed E-state index contributed by atoms with van der Waals surface area (Å²) in [6, 6.07) is 5.90. The van der Waals surface area contributed by atoms with Crippen molar-refractivity contribution in [3.05, 3.63) is 31.8 Å². The van der Waals surface area contributed by atoms with Crippen LogP contribution in [0.3, 0.4) is 0 Å². The quantitative estimate of drug-likeness (QED) is 0.629. The van der Waals surface area contributed by atoms with E-state index in [0.717, 1.165) is 20.2 Å². The minimum atomic E-state index is 0.121. The van der Waals surface area contributed by atoms with Gasteiger partial charge in [-0.2, -0.15) is 0 Å². The lowest BCUT2D eigenvalue weighted by Gasteiger charge is -2.27. The molecule has 0 saturated heterocycles. The van der Waals surface area contributed by atoms with Crippen molar-refractivity contribution >= 4 is 44.4 Å². The van der Waals surface area contributed by atoms with Crippen molar-refractivity contribution in [1.82, 2.24) is 4.90 Å². The second-order valence-electron chi connectivity index (χ2n) is 5.31. The zero-order chi connectivity index (χ0) is 13.8. The summed E-state index contributed by atoms with van der Waals surface area (Å²) < 4.78 is 1.98. The molecule has 0 spiro atoms. The first-order valence-corrected chi connectivity index (χ1v) is 8.65. The lowest BCUT2D eigenvalue weighted by Crippen LogP contribution is -2.32. The molecule has 0 aromatic heterocycles. The molecule has 19 heavy (non-hydrogen) atoms. The lowest BCUT2D eigenvalue weighted by molar-refractivity contribution is 0.0759. The number of carbonyl (C=O) groups excluding carboxylic acids is 1. The Kier molecular flexibility index (Phi) is 5.69. The molecule has 2 nitrogen and oxygen atoms in total. The lowest BCUT2D eigenvalue weighted by atomic mass is 9.89. The molecule has 1 fully saturated rings. The van der Waals surface area contributed by atoms with Crippen LogP contribution in [0.5, 0.6) is 0 Å². The molecule has 1 aromatic carbocycles. The number of halogens is 2. The first-order chi connectivity index (χ1) is 9.08. The highest BCUT2D eigenvalue weighted by molar-refractivity contribution is 14.1. The van der Waals surface area contributed by atoms with Crippen LogP contribution in [-0.4, -0.2) is 24.4 Å². The standard InChI is InChI=1S/C15H19BrINO/c1-18(10-11-5-3-2-4-6-11)15(19)13-9-12(17)7-8-14(13)16/h7-9,11H,2-6,10H2,1H3. The first-order valence-electron chi connectivity index (χ1n) is 6.78. The SMILES string of the molecule is CN(CC1CCCCC1)C(=O)c1cc(I)ccc1Br. The van der Waals surface area contributed by atoms with Gasteiger partial charge in [-0.25, -0.2) is 0 Å². The fourth-order valence-electron chi connectivity index (χ4n) is 2.71. The molecular formula is C15H19BrINO. The second kappa shape index (κ2) is 7.07. The summed E-state index contributed by atoms with van der Waals surface area (Å²) in [5.74, 6) is 0.806. The molecular weight excluding hydrogens is 417 g/mol. The van der Waals surface area contributed by atoms with Crippen LogP contribution in [0, 0.1) is 9.49 Å². The third kappa shape index (κ3) is 4.18. The van der Waals surface area contributed by atoms with Crippen LogP contribution in [0.2, 0.25) is 0 Å². The van der Waals surface area contributed by atoms with Crippen LogP contribution < -0.4 is 0 Å². The topological polar surface area (TPSA) is 20.3 Å². The van der Waals surface area contributed by atoms with Gasteiger partial charge >= 0.3 is 0 Å². The normalized spacial score (nSPS) is 16.4. The third-order valence-electron chi connectivity index (χ3n) is 3.76. The van der Waals surface area contributed by atoms with Gasteiger partial charge in [-0.15, -0.1) is 0 Å². The Morgan fingerprint density at radius 2 is 2.05 bits per heavy atom. The summed E-state index contributed by atoms with van der Waals surface area (Å²) in [7, 11) is 1.92. The summed E-state index contributed by atoms with van der Waals surface area (Å²) in [4.78, 5) is 14.4. The average Bonchev–Trinajstić information content (AvgIpc) is 2.42. The molecule has 4 heteroatoms. The highest BCUT2D eigenvalue weighted by Gasteiger charge is 2.20. The van der Waals surface area contributed by atoms with E-state index in [-0.39, 0.29) is 5.91 Å². The Morgan fingerprint density at radius 1 is 1.37 bits per heavy atom. The monoisotopic (exact) mass is 435 g/mol. The van der Waals surface area contributed by atoms with E-state index < -0.39 is 0 Å². The Balaban J connectivity index is 2.03. The molecule has 0 N–H and O–H groups in total. The van der Waals surface area contributed by atoms with Gasteiger partial charge in [-0.05, 0) is 75.5 Å². The van der Waals surface area contributed by atoms with E-state index in [4.69, 9.17) is 0 Å². The van der Waals surface area contributed by atoms with Crippen molar-refractivity contribution in [1.29, 1.82) is 0 Å². The van der Waals surface area contributed by atoms with Crippen LogP contribution in [-0.2, 0) is 0 Å². The fraction of sp³-hybridized carbons (Fsp3) is 0.533. The fourth-order valence-corrected chi connectivity index (χ4v) is 3.61. The highest BCUT2D eigenvalue weighted by atomic mass is 127. The summed E-state index contributed by atoms with van der Waals surface area (Å²) in [5, 5.41) is 0. The van der Waals surface area contributed by atoms with Crippen molar-refractivity contribution in [2.24, 2.45) is 5.92 Å². The minimum Gasteiger partial charge on any atom is -0.341 e. The zero-order valence-electron chi connectivity index (χ0n) is 11.2. The molecule has 0 heterocycles. The van der Waals surface area contributed by atoms with E-state index in [1.807, 2.05) is 30.1 Å².